The SMILES string of the molecule is Nn1c(Cc2ccc(Cl)cc2)nnc1SCCC(=O)O. The molecule has 8 heteroatoms. The summed E-state index contributed by atoms with van der Waals surface area (Å²) in [4.78, 5) is 10.5. The van der Waals surface area contributed by atoms with Crippen LogP contribution in [0.1, 0.15) is 17.8 Å². The van der Waals surface area contributed by atoms with Gasteiger partial charge in [0.05, 0.1) is 6.42 Å². The van der Waals surface area contributed by atoms with Gasteiger partial charge in [-0.25, -0.2) is 4.68 Å². The molecule has 0 bridgehead atoms. The number of nitrogens with two attached hydrogens (primary N) is 1. The third-order valence-electron chi connectivity index (χ3n) is 2.56. The number of halogens is 1. The smallest absolute Gasteiger partial charge is 0.304 e. The number of aromatic nitrogens is 3. The number of thioether (sulfide) groups is 1. The van der Waals surface area contributed by atoms with Crippen LogP contribution in [0.5, 0.6) is 0 Å². The lowest BCUT2D eigenvalue weighted by molar-refractivity contribution is -0.136. The zero-order valence-electron chi connectivity index (χ0n) is 10.5. The minimum atomic E-state index is -0.845. The number of aliphatic carboxylic acids is 1. The van der Waals surface area contributed by atoms with Crippen LogP contribution in [-0.4, -0.2) is 31.7 Å². The predicted molar refractivity (Wildman–Crippen MR) is 77.4 cm³/mol. The van der Waals surface area contributed by atoms with Gasteiger partial charge in [-0.2, -0.15) is 0 Å². The predicted octanol–water partition coefficient (Wildman–Crippen LogP) is 1.80. The Kier molecular flexibility index (Phi) is 4.86. The molecule has 6 nitrogen and oxygen atoms in total. The molecule has 0 aliphatic carbocycles. The fourth-order valence-corrected chi connectivity index (χ4v) is 2.47. The van der Waals surface area contributed by atoms with Gasteiger partial charge < -0.3 is 10.9 Å². The van der Waals surface area contributed by atoms with Crippen LogP contribution in [0.15, 0.2) is 29.4 Å². The first kappa shape index (κ1) is 14.7. The average molecular weight is 313 g/mol. The number of rotatable bonds is 6. The van der Waals surface area contributed by atoms with Crippen LogP contribution in [-0.2, 0) is 11.2 Å². The number of carboxylic acids is 1. The van der Waals surface area contributed by atoms with Crippen LogP contribution in [0, 0.1) is 0 Å². The molecule has 2 aromatic rings. The van der Waals surface area contributed by atoms with E-state index in [-0.39, 0.29) is 6.42 Å². The number of carboxylic acid groups (broad SMARTS) is 1. The van der Waals surface area contributed by atoms with Crippen LogP contribution in [0.4, 0.5) is 0 Å². The molecule has 0 fully saturated rings. The van der Waals surface area contributed by atoms with E-state index in [1.54, 1.807) is 12.1 Å². The van der Waals surface area contributed by atoms with E-state index in [9.17, 15) is 4.79 Å². The lowest BCUT2D eigenvalue weighted by Crippen LogP contribution is -2.14. The van der Waals surface area contributed by atoms with Gasteiger partial charge >= 0.3 is 5.97 Å². The Hall–Kier alpha value is -1.73. The second kappa shape index (κ2) is 6.62. The Morgan fingerprint density at radius 2 is 2.05 bits per heavy atom. The molecule has 1 aromatic carbocycles. The van der Waals surface area contributed by atoms with Gasteiger partial charge in [-0.3, -0.25) is 4.79 Å². The summed E-state index contributed by atoms with van der Waals surface area (Å²) in [7, 11) is 0. The zero-order chi connectivity index (χ0) is 14.5. The Bertz CT molecular complexity index is 600. The first-order chi connectivity index (χ1) is 9.56. The molecule has 0 radical (unpaired) electrons. The van der Waals surface area contributed by atoms with Crippen LogP contribution < -0.4 is 5.84 Å². The lowest BCUT2D eigenvalue weighted by Gasteiger charge is -2.03. The Labute approximate surface area is 124 Å². The fourth-order valence-electron chi connectivity index (χ4n) is 1.54. The summed E-state index contributed by atoms with van der Waals surface area (Å²) in [5.41, 5.74) is 1.02. The van der Waals surface area contributed by atoms with Crippen molar-refractivity contribution in [3.8, 4) is 0 Å². The van der Waals surface area contributed by atoms with Crippen molar-refractivity contribution in [2.75, 3.05) is 11.6 Å². The van der Waals surface area contributed by atoms with Crippen molar-refractivity contribution in [3.63, 3.8) is 0 Å². The van der Waals surface area contributed by atoms with Gasteiger partial charge in [0.25, 0.3) is 0 Å². The highest BCUT2D eigenvalue weighted by Crippen LogP contribution is 2.17. The zero-order valence-corrected chi connectivity index (χ0v) is 12.1. The molecule has 0 unspecified atom stereocenters. The van der Waals surface area contributed by atoms with Crippen molar-refractivity contribution in [2.45, 2.75) is 18.0 Å². The van der Waals surface area contributed by atoms with Crippen molar-refractivity contribution in [3.05, 3.63) is 40.7 Å². The Balaban J connectivity index is 2.01. The third kappa shape index (κ3) is 3.88. The average Bonchev–Trinajstić information content (AvgIpc) is 2.74. The van der Waals surface area contributed by atoms with Gasteiger partial charge in [0, 0.05) is 17.2 Å². The molecule has 1 aromatic heterocycles. The van der Waals surface area contributed by atoms with E-state index < -0.39 is 5.97 Å². The summed E-state index contributed by atoms with van der Waals surface area (Å²) >= 11 is 7.10. The normalized spacial score (nSPS) is 10.7. The molecule has 0 saturated carbocycles. The molecule has 0 spiro atoms. The van der Waals surface area contributed by atoms with E-state index in [0.717, 1.165) is 5.56 Å². The largest absolute Gasteiger partial charge is 0.481 e. The highest BCUT2D eigenvalue weighted by Gasteiger charge is 2.11. The first-order valence-corrected chi connectivity index (χ1v) is 7.21. The van der Waals surface area contributed by atoms with Gasteiger partial charge in [0.1, 0.15) is 0 Å². The number of nitrogens with zero attached hydrogens (tertiary/aromatic N) is 3. The van der Waals surface area contributed by atoms with Gasteiger partial charge in [0.15, 0.2) is 5.82 Å². The molecule has 2 rings (SSSR count). The van der Waals surface area contributed by atoms with Crippen molar-refractivity contribution in [1.82, 2.24) is 14.9 Å². The topological polar surface area (TPSA) is 94.0 Å². The Morgan fingerprint density at radius 1 is 1.35 bits per heavy atom. The molecule has 106 valence electrons. The standard InChI is InChI=1S/C12H13ClN4O2S/c13-9-3-1-8(2-4-9)7-10-15-16-12(17(10)14)20-6-5-11(18)19/h1-4H,5-7,14H2,(H,18,19). The van der Waals surface area contributed by atoms with Crippen LogP contribution >= 0.6 is 23.4 Å². The van der Waals surface area contributed by atoms with Crippen molar-refractivity contribution < 1.29 is 9.90 Å². The fraction of sp³-hybridized carbons (Fsp3) is 0.250. The highest BCUT2D eigenvalue weighted by atomic mass is 35.5. The summed E-state index contributed by atoms with van der Waals surface area (Å²) in [5.74, 6) is 6.07. The molecule has 3 N–H and O–H groups in total. The first-order valence-electron chi connectivity index (χ1n) is 5.84. The second-order valence-electron chi connectivity index (χ2n) is 4.06. The van der Waals surface area contributed by atoms with Gasteiger partial charge in [-0.1, -0.05) is 35.5 Å². The van der Waals surface area contributed by atoms with Crippen molar-refractivity contribution >= 4 is 29.3 Å². The minimum Gasteiger partial charge on any atom is -0.481 e. The highest BCUT2D eigenvalue weighted by molar-refractivity contribution is 7.99. The summed E-state index contributed by atoms with van der Waals surface area (Å²) in [5, 5.41) is 17.7. The molecular weight excluding hydrogens is 300 g/mol. The molecule has 0 aliphatic rings. The van der Waals surface area contributed by atoms with E-state index in [1.165, 1.54) is 16.4 Å². The second-order valence-corrected chi connectivity index (χ2v) is 5.56. The molecule has 0 saturated heterocycles. The van der Waals surface area contributed by atoms with Gasteiger partial charge in [0.2, 0.25) is 5.16 Å². The van der Waals surface area contributed by atoms with Crippen LogP contribution in [0.25, 0.3) is 0 Å². The number of benzene rings is 1. The molecule has 0 atom stereocenters. The monoisotopic (exact) mass is 312 g/mol. The van der Waals surface area contributed by atoms with Crippen molar-refractivity contribution in [2.24, 2.45) is 0 Å². The maximum Gasteiger partial charge on any atom is 0.304 e. The quantitative estimate of drug-likeness (QED) is 0.624. The van der Waals surface area contributed by atoms with E-state index in [4.69, 9.17) is 22.6 Å². The lowest BCUT2D eigenvalue weighted by atomic mass is 10.1. The summed E-state index contributed by atoms with van der Waals surface area (Å²) < 4.78 is 1.39. The van der Waals surface area contributed by atoms with E-state index in [2.05, 4.69) is 10.2 Å². The number of hydrogen-bond donors (Lipinski definition) is 2. The maximum absolute atomic E-state index is 10.5. The summed E-state index contributed by atoms with van der Waals surface area (Å²) in [6, 6.07) is 7.40. The summed E-state index contributed by atoms with van der Waals surface area (Å²) in [6.45, 7) is 0. The number of nitrogen functional groups attached to an aromatic ring is 1. The minimum absolute atomic E-state index is 0.0596. The van der Waals surface area contributed by atoms with E-state index in [0.29, 0.717) is 28.2 Å². The van der Waals surface area contributed by atoms with Crippen molar-refractivity contribution in [1.29, 1.82) is 0 Å². The van der Waals surface area contributed by atoms with Crippen LogP contribution in [0.3, 0.4) is 0 Å². The van der Waals surface area contributed by atoms with E-state index >= 15 is 0 Å². The van der Waals surface area contributed by atoms with Gasteiger partial charge in [-0.15, -0.1) is 10.2 Å². The van der Waals surface area contributed by atoms with E-state index in [1.807, 2.05) is 12.1 Å². The number of carbonyl (C=O) groups is 1. The molecule has 0 amide bonds. The maximum atomic E-state index is 10.5. The molecular formula is C12H13ClN4O2S. The molecule has 1 heterocycles. The van der Waals surface area contributed by atoms with Crippen LogP contribution in [0.2, 0.25) is 5.02 Å². The summed E-state index contributed by atoms with van der Waals surface area (Å²) in [6.07, 6.45) is 0.601. The molecule has 20 heavy (non-hydrogen) atoms. The third-order valence-corrected chi connectivity index (χ3v) is 3.75. The Morgan fingerprint density at radius 3 is 2.70 bits per heavy atom. The molecule has 0 aliphatic heterocycles. The van der Waals surface area contributed by atoms with Gasteiger partial charge in [-0.05, 0) is 17.7 Å². The number of hydrogen-bond acceptors (Lipinski definition) is 5.